The molecule has 0 aliphatic carbocycles. The zero-order valence-corrected chi connectivity index (χ0v) is 16.4. The van der Waals surface area contributed by atoms with Crippen LogP contribution in [0.1, 0.15) is 22.3 Å². The number of rotatable bonds is 3. The highest BCUT2D eigenvalue weighted by Crippen LogP contribution is 2.37. The van der Waals surface area contributed by atoms with Crippen LogP contribution in [0.4, 0.5) is 0 Å². The summed E-state index contributed by atoms with van der Waals surface area (Å²) in [7, 11) is 0. The Hall–Kier alpha value is -3.41. The topological polar surface area (TPSA) is 40.5 Å². The van der Waals surface area contributed by atoms with E-state index < -0.39 is 0 Å². The fraction of sp³-hybridized carbons (Fsp3) is 0.0769. The fourth-order valence-electron chi connectivity index (χ4n) is 3.31. The molecule has 0 saturated carbocycles. The standard InChI is InChI=1S/C26H19ClO2/c27-22-13-10-18(11-14-22)7-4-8-20-9-12-21-17-25(28)24(26(29)23(21)15-20)16-19-5-2-1-3-6-19/h1-3,5-6,9-15,17,28-29H,7,16H2. The van der Waals surface area contributed by atoms with Crippen LogP contribution in [0.2, 0.25) is 5.02 Å². The lowest BCUT2D eigenvalue weighted by Gasteiger charge is -2.11. The first-order valence-electron chi connectivity index (χ1n) is 9.35. The second kappa shape index (κ2) is 8.31. The summed E-state index contributed by atoms with van der Waals surface area (Å²) in [5, 5.41) is 23.4. The van der Waals surface area contributed by atoms with Gasteiger partial charge in [-0.1, -0.05) is 72.0 Å². The molecule has 0 spiro atoms. The van der Waals surface area contributed by atoms with Crippen LogP contribution in [-0.2, 0) is 12.8 Å². The van der Waals surface area contributed by atoms with Crippen molar-refractivity contribution >= 4 is 22.4 Å². The van der Waals surface area contributed by atoms with Gasteiger partial charge in [0.05, 0.1) is 0 Å². The molecule has 0 aliphatic rings. The van der Waals surface area contributed by atoms with Gasteiger partial charge in [-0.2, -0.15) is 0 Å². The van der Waals surface area contributed by atoms with Crippen molar-refractivity contribution in [2.75, 3.05) is 0 Å². The molecule has 0 fully saturated rings. The maximum atomic E-state index is 10.8. The van der Waals surface area contributed by atoms with Crippen molar-refractivity contribution < 1.29 is 10.2 Å². The third-order valence-electron chi connectivity index (χ3n) is 4.86. The minimum atomic E-state index is 0.0976. The second-order valence-corrected chi connectivity index (χ2v) is 7.36. The minimum Gasteiger partial charge on any atom is -0.507 e. The largest absolute Gasteiger partial charge is 0.507 e. The predicted molar refractivity (Wildman–Crippen MR) is 119 cm³/mol. The molecule has 4 rings (SSSR count). The zero-order chi connectivity index (χ0) is 20.2. The minimum absolute atomic E-state index is 0.0976. The molecule has 0 saturated heterocycles. The number of halogens is 1. The highest BCUT2D eigenvalue weighted by molar-refractivity contribution is 6.30. The monoisotopic (exact) mass is 398 g/mol. The molecule has 0 radical (unpaired) electrons. The van der Waals surface area contributed by atoms with Crippen LogP contribution >= 0.6 is 11.6 Å². The summed E-state index contributed by atoms with van der Waals surface area (Å²) in [5.74, 6) is 6.52. The summed E-state index contributed by atoms with van der Waals surface area (Å²) in [6.07, 6.45) is 1.08. The van der Waals surface area contributed by atoms with E-state index in [2.05, 4.69) is 11.8 Å². The van der Waals surface area contributed by atoms with Crippen LogP contribution in [-0.4, -0.2) is 10.2 Å². The van der Waals surface area contributed by atoms with Crippen LogP contribution in [0.5, 0.6) is 11.5 Å². The van der Waals surface area contributed by atoms with Gasteiger partial charge in [0.1, 0.15) is 11.5 Å². The molecule has 4 aromatic carbocycles. The Balaban J connectivity index is 1.64. The number of phenolic OH excluding ortho intramolecular Hbond substituents is 2. The SMILES string of the molecule is Oc1cc2ccc(C#CCc3ccc(Cl)cc3)cc2c(O)c1Cc1ccccc1. The van der Waals surface area contributed by atoms with Crippen molar-refractivity contribution in [3.8, 4) is 23.3 Å². The molecule has 142 valence electrons. The Kier molecular flexibility index (Phi) is 5.42. The fourth-order valence-corrected chi connectivity index (χ4v) is 3.43. The lowest BCUT2D eigenvalue weighted by atomic mass is 9.97. The van der Waals surface area contributed by atoms with Gasteiger partial charge in [0.2, 0.25) is 0 Å². The number of benzene rings is 4. The van der Waals surface area contributed by atoms with Gasteiger partial charge in [0, 0.05) is 34.4 Å². The summed E-state index contributed by atoms with van der Waals surface area (Å²) < 4.78 is 0. The number of aromatic hydroxyl groups is 2. The van der Waals surface area contributed by atoms with Crippen molar-refractivity contribution in [2.24, 2.45) is 0 Å². The maximum Gasteiger partial charge on any atom is 0.130 e. The Morgan fingerprint density at radius 1 is 0.793 bits per heavy atom. The molecule has 3 heteroatoms. The highest BCUT2D eigenvalue weighted by atomic mass is 35.5. The molecule has 0 amide bonds. The van der Waals surface area contributed by atoms with Gasteiger partial charge in [-0.15, -0.1) is 0 Å². The van der Waals surface area contributed by atoms with E-state index in [1.165, 1.54) is 0 Å². The smallest absolute Gasteiger partial charge is 0.130 e. The molecule has 4 aromatic rings. The molecule has 2 nitrogen and oxygen atoms in total. The lowest BCUT2D eigenvalue weighted by Crippen LogP contribution is -1.91. The lowest BCUT2D eigenvalue weighted by molar-refractivity contribution is 0.445. The van der Waals surface area contributed by atoms with Crippen molar-refractivity contribution in [1.29, 1.82) is 0 Å². The molecular formula is C26H19ClO2. The van der Waals surface area contributed by atoms with Crippen LogP contribution in [0.3, 0.4) is 0 Å². The average Bonchev–Trinajstić information content (AvgIpc) is 2.74. The van der Waals surface area contributed by atoms with Crippen LogP contribution in [0, 0.1) is 11.8 Å². The van der Waals surface area contributed by atoms with E-state index in [9.17, 15) is 10.2 Å². The predicted octanol–water partition coefficient (Wildman–Crippen LogP) is 6.09. The highest BCUT2D eigenvalue weighted by Gasteiger charge is 2.13. The summed E-state index contributed by atoms with van der Waals surface area (Å²) in [6.45, 7) is 0. The van der Waals surface area contributed by atoms with Gasteiger partial charge >= 0.3 is 0 Å². The molecular weight excluding hydrogens is 380 g/mol. The van der Waals surface area contributed by atoms with E-state index in [-0.39, 0.29) is 11.5 Å². The second-order valence-electron chi connectivity index (χ2n) is 6.93. The summed E-state index contributed by atoms with van der Waals surface area (Å²) >= 11 is 5.91. The Morgan fingerprint density at radius 2 is 1.55 bits per heavy atom. The summed E-state index contributed by atoms with van der Waals surface area (Å²) in [4.78, 5) is 0. The van der Waals surface area contributed by atoms with Gasteiger partial charge in [-0.3, -0.25) is 0 Å². The average molecular weight is 399 g/mol. The quantitative estimate of drug-likeness (QED) is 0.410. The molecule has 0 aliphatic heterocycles. The van der Waals surface area contributed by atoms with Crippen LogP contribution < -0.4 is 0 Å². The summed E-state index contributed by atoms with van der Waals surface area (Å²) in [6, 6.07) is 24.7. The van der Waals surface area contributed by atoms with E-state index in [0.717, 1.165) is 22.1 Å². The van der Waals surface area contributed by atoms with Gasteiger partial charge < -0.3 is 10.2 Å². The Labute approximate surface area is 175 Å². The van der Waals surface area contributed by atoms with Crippen LogP contribution in [0.25, 0.3) is 10.8 Å². The van der Waals surface area contributed by atoms with Crippen molar-refractivity contribution in [2.45, 2.75) is 12.8 Å². The van der Waals surface area contributed by atoms with Gasteiger partial charge in [-0.05, 0) is 46.8 Å². The molecule has 0 atom stereocenters. The molecule has 0 aromatic heterocycles. The van der Waals surface area contributed by atoms with E-state index in [1.54, 1.807) is 6.07 Å². The normalized spacial score (nSPS) is 10.5. The van der Waals surface area contributed by atoms with E-state index >= 15 is 0 Å². The summed E-state index contributed by atoms with van der Waals surface area (Å²) in [5.41, 5.74) is 3.46. The first-order chi connectivity index (χ1) is 14.1. The van der Waals surface area contributed by atoms with Crippen molar-refractivity contribution in [3.05, 3.63) is 106 Å². The van der Waals surface area contributed by atoms with E-state index in [4.69, 9.17) is 11.6 Å². The van der Waals surface area contributed by atoms with Crippen molar-refractivity contribution in [3.63, 3.8) is 0 Å². The van der Waals surface area contributed by atoms with E-state index in [1.807, 2.05) is 72.8 Å². The zero-order valence-electron chi connectivity index (χ0n) is 15.7. The Bertz CT molecular complexity index is 1220. The number of phenols is 2. The van der Waals surface area contributed by atoms with Gasteiger partial charge in [-0.25, -0.2) is 0 Å². The molecule has 29 heavy (non-hydrogen) atoms. The third kappa shape index (κ3) is 4.37. The molecule has 2 N–H and O–H groups in total. The van der Waals surface area contributed by atoms with Gasteiger partial charge in [0.25, 0.3) is 0 Å². The molecule has 0 heterocycles. The molecule has 0 bridgehead atoms. The number of hydrogen-bond acceptors (Lipinski definition) is 2. The molecule has 0 unspecified atom stereocenters. The van der Waals surface area contributed by atoms with E-state index in [0.29, 0.717) is 28.8 Å². The first-order valence-corrected chi connectivity index (χ1v) is 9.73. The Morgan fingerprint density at radius 3 is 2.31 bits per heavy atom. The first kappa shape index (κ1) is 18.9. The number of fused-ring (bicyclic) bond motifs is 1. The third-order valence-corrected chi connectivity index (χ3v) is 5.11. The van der Waals surface area contributed by atoms with Crippen LogP contribution in [0.15, 0.2) is 78.9 Å². The van der Waals surface area contributed by atoms with Gasteiger partial charge in [0.15, 0.2) is 0 Å². The maximum absolute atomic E-state index is 10.8. The number of hydrogen-bond donors (Lipinski definition) is 2. The van der Waals surface area contributed by atoms with Crippen molar-refractivity contribution in [1.82, 2.24) is 0 Å².